The number of thioether (sulfide) groups is 1. The number of carbonyl (C=O) groups is 1. The number of aliphatic imine (C=N–C) groups is 1. The second-order valence-corrected chi connectivity index (χ2v) is 8.59. The maximum Gasteiger partial charge on any atom is 0.261 e. The van der Waals surface area contributed by atoms with Gasteiger partial charge >= 0.3 is 0 Å². The number of pyridine rings is 1. The highest BCUT2D eigenvalue weighted by atomic mass is 32.2. The lowest BCUT2D eigenvalue weighted by Crippen LogP contribution is -2.39. The summed E-state index contributed by atoms with van der Waals surface area (Å²) >= 11 is 1.64. The van der Waals surface area contributed by atoms with E-state index in [1.807, 2.05) is 46.8 Å². The van der Waals surface area contributed by atoms with Crippen molar-refractivity contribution < 1.29 is 4.79 Å². The van der Waals surface area contributed by atoms with Gasteiger partial charge in [-0.25, -0.2) is 14.7 Å². The second kappa shape index (κ2) is 7.99. The fourth-order valence-corrected chi connectivity index (χ4v) is 4.76. The maximum atomic E-state index is 13.4. The number of carbonyl (C=O) groups excluding carboxylic acids is 1. The molecule has 6 nitrogen and oxygen atoms in total. The van der Waals surface area contributed by atoms with E-state index in [0.717, 1.165) is 39.6 Å². The van der Waals surface area contributed by atoms with Gasteiger partial charge in [0.2, 0.25) is 0 Å². The fraction of sp³-hybridized carbons (Fsp3) is 0.364. The third-order valence-electron chi connectivity index (χ3n) is 5.06. The van der Waals surface area contributed by atoms with Crippen LogP contribution in [0.4, 0.5) is 5.69 Å². The SMILES string of the molecule is CCC1CSC(=Nc2cccc(C)c2)N1C(=O)c1cnc2c(cnn2C(C)C)c1. The number of amides is 1. The molecule has 0 radical (unpaired) electrons. The zero-order valence-corrected chi connectivity index (χ0v) is 18.0. The molecule has 7 heteroatoms. The smallest absolute Gasteiger partial charge is 0.261 e. The number of hydrogen-bond donors (Lipinski definition) is 0. The molecule has 3 heterocycles. The van der Waals surface area contributed by atoms with Crippen molar-refractivity contribution in [2.75, 3.05) is 5.75 Å². The standard InChI is InChI=1S/C22H25N5OS/c1-5-19-13-29-22(25-18-8-6-7-15(4)9-18)26(19)21(28)17-10-16-12-24-27(14(2)3)20(16)23-11-17/h6-12,14,19H,5,13H2,1-4H3. The lowest BCUT2D eigenvalue weighted by molar-refractivity contribution is 0.0819. The summed E-state index contributed by atoms with van der Waals surface area (Å²) in [7, 11) is 0. The Morgan fingerprint density at radius 1 is 1.31 bits per heavy atom. The Balaban J connectivity index is 1.70. The van der Waals surface area contributed by atoms with Gasteiger partial charge in [0.05, 0.1) is 17.4 Å². The summed E-state index contributed by atoms with van der Waals surface area (Å²) in [5, 5.41) is 6.04. The van der Waals surface area contributed by atoms with Crippen LogP contribution in [-0.4, -0.2) is 42.5 Å². The summed E-state index contributed by atoms with van der Waals surface area (Å²) < 4.78 is 1.87. The molecule has 1 saturated heterocycles. The van der Waals surface area contributed by atoms with Gasteiger partial charge in [-0.15, -0.1) is 0 Å². The van der Waals surface area contributed by atoms with Gasteiger partial charge in [0.25, 0.3) is 5.91 Å². The van der Waals surface area contributed by atoms with Crippen molar-refractivity contribution in [3.05, 3.63) is 53.9 Å². The average Bonchev–Trinajstić information content (AvgIpc) is 3.30. The molecule has 0 aliphatic carbocycles. The van der Waals surface area contributed by atoms with Gasteiger partial charge < -0.3 is 0 Å². The third-order valence-corrected chi connectivity index (χ3v) is 6.16. The summed E-state index contributed by atoms with van der Waals surface area (Å²) in [6, 6.07) is 10.3. The Hall–Kier alpha value is -2.67. The molecule has 1 amide bonds. The topological polar surface area (TPSA) is 63.4 Å². The molecule has 1 aromatic carbocycles. The number of benzene rings is 1. The Morgan fingerprint density at radius 3 is 2.86 bits per heavy atom. The van der Waals surface area contributed by atoms with Crippen molar-refractivity contribution in [1.29, 1.82) is 0 Å². The zero-order valence-electron chi connectivity index (χ0n) is 17.2. The largest absolute Gasteiger partial charge is 0.283 e. The van der Waals surface area contributed by atoms with Crippen LogP contribution in [0.3, 0.4) is 0 Å². The van der Waals surface area contributed by atoms with Crippen LogP contribution in [0.1, 0.15) is 49.2 Å². The number of amidine groups is 1. The van der Waals surface area contributed by atoms with Crippen LogP contribution in [0.25, 0.3) is 11.0 Å². The average molecular weight is 408 g/mol. The van der Waals surface area contributed by atoms with Crippen LogP contribution in [0.2, 0.25) is 0 Å². The predicted molar refractivity (Wildman–Crippen MR) is 119 cm³/mol. The highest BCUT2D eigenvalue weighted by Gasteiger charge is 2.35. The molecule has 0 spiro atoms. The molecule has 1 atom stereocenters. The van der Waals surface area contributed by atoms with E-state index in [1.54, 1.807) is 24.2 Å². The van der Waals surface area contributed by atoms with Crippen molar-refractivity contribution in [3.8, 4) is 0 Å². The fourth-order valence-electron chi connectivity index (χ4n) is 3.49. The molecule has 1 aliphatic rings. The molecule has 1 unspecified atom stereocenters. The van der Waals surface area contributed by atoms with Crippen LogP contribution in [0.5, 0.6) is 0 Å². The minimum atomic E-state index is -0.0556. The molecule has 0 bridgehead atoms. The second-order valence-electron chi connectivity index (χ2n) is 7.60. The van der Waals surface area contributed by atoms with Gasteiger partial charge in [-0.05, 0) is 51.0 Å². The Kier molecular flexibility index (Phi) is 5.41. The van der Waals surface area contributed by atoms with Crippen LogP contribution in [-0.2, 0) is 0 Å². The van der Waals surface area contributed by atoms with E-state index in [4.69, 9.17) is 4.99 Å². The molecule has 29 heavy (non-hydrogen) atoms. The predicted octanol–water partition coefficient (Wildman–Crippen LogP) is 4.98. The van der Waals surface area contributed by atoms with E-state index in [0.29, 0.717) is 5.56 Å². The quantitative estimate of drug-likeness (QED) is 0.612. The van der Waals surface area contributed by atoms with Crippen LogP contribution in [0.15, 0.2) is 47.7 Å². The minimum absolute atomic E-state index is 0.0556. The monoisotopic (exact) mass is 407 g/mol. The van der Waals surface area contributed by atoms with Gasteiger partial charge in [-0.3, -0.25) is 9.69 Å². The molecule has 150 valence electrons. The highest BCUT2D eigenvalue weighted by molar-refractivity contribution is 8.14. The molecule has 2 aromatic heterocycles. The first-order valence-electron chi connectivity index (χ1n) is 9.93. The van der Waals surface area contributed by atoms with E-state index in [1.165, 1.54) is 0 Å². The van der Waals surface area contributed by atoms with Crippen molar-refractivity contribution in [3.63, 3.8) is 0 Å². The maximum absolute atomic E-state index is 13.4. The number of nitrogens with zero attached hydrogens (tertiary/aromatic N) is 5. The van der Waals surface area contributed by atoms with E-state index in [-0.39, 0.29) is 18.0 Å². The molecule has 0 N–H and O–H groups in total. The van der Waals surface area contributed by atoms with Gasteiger partial charge in [-0.2, -0.15) is 5.10 Å². The molecule has 1 fully saturated rings. The number of aryl methyl sites for hydroxylation is 1. The number of hydrogen-bond acceptors (Lipinski definition) is 5. The van der Waals surface area contributed by atoms with Gasteiger partial charge in [0.15, 0.2) is 10.8 Å². The third kappa shape index (κ3) is 3.79. The van der Waals surface area contributed by atoms with Crippen molar-refractivity contribution in [2.45, 2.75) is 46.2 Å². The molecule has 1 aliphatic heterocycles. The molecular formula is C22H25N5OS. The first kappa shape index (κ1) is 19.6. The van der Waals surface area contributed by atoms with Crippen molar-refractivity contribution in [1.82, 2.24) is 19.7 Å². The molecule has 4 rings (SSSR count). The van der Waals surface area contributed by atoms with Gasteiger partial charge in [-0.1, -0.05) is 30.8 Å². The lowest BCUT2D eigenvalue weighted by atomic mass is 10.1. The highest BCUT2D eigenvalue weighted by Crippen LogP contribution is 2.31. The molecule has 0 saturated carbocycles. The van der Waals surface area contributed by atoms with Crippen LogP contribution in [0, 0.1) is 6.92 Å². The van der Waals surface area contributed by atoms with Crippen LogP contribution < -0.4 is 0 Å². The Morgan fingerprint density at radius 2 is 2.14 bits per heavy atom. The van der Waals surface area contributed by atoms with Crippen molar-refractivity contribution in [2.24, 2.45) is 4.99 Å². The van der Waals surface area contributed by atoms with Crippen molar-refractivity contribution >= 4 is 39.6 Å². The molecular weight excluding hydrogens is 382 g/mol. The van der Waals surface area contributed by atoms with Crippen LogP contribution >= 0.6 is 11.8 Å². The summed E-state index contributed by atoms with van der Waals surface area (Å²) in [5.74, 6) is 0.799. The van der Waals surface area contributed by atoms with Gasteiger partial charge in [0, 0.05) is 29.4 Å². The lowest BCUT2D eigenvalue weighted by Gasteiger charge is -2.23. The van der Waals surface area contributed by atoms with E-state index >= 15 is 0 Å². The minimum Gasteiger partial charge on any atom is -0.283 e. The number of rotatable bonds is 4. The Bertz CT molecular complexity index is 1090. The summed E-state index contributed by atoms with van der Waals surface area (Å²) in [6.45, 7) is 8.28. The Labute approximate surface area is 175 Å². The first-order chi connectivity index (χ1) is 14.0. The summed E-state index contributed by atoms with van der Waals surface area (Å²) in [6.07, 6.45) is 4.31. The van der Waals surface area contributed by atoms with E-state index in [2.05, 4.69) is 30.9 Å². The summed E-state index contributed by atoms with van der Waals surface area (Å²) in [5.41, 5.74) is 3.39. The number of aromatic nitrogens is 3. The van der Waals surface area contributed by atoms with Gasteiger partial charge in [0.1, 0.15) is 0 Å². The summed E-state index contributed by atoms with van der Waals surface area (Å²) in [4.78, 5) is 24.6. The normalized spacial score (nSPS) is 18.3. The van der Waals surface area contributed by atoms with E-state index < -0.39 is 0 Å². The first-order valence-corrected chi connectivity index (χ1v) is 10.9. The zero-order chi connectivity index (χ0) is 20.5. The molecule has 3 aromatic rings. The van der Waals surface area contributed by atoms with E-state index in [9.17, 15) is 4.79 Å². The number of fused-ring (bicyclic) bond motifs is 1.